The lowest BCUT2D eigenvalue weighted by atomic mass is 9.63. The van der Waals surface area contributed by atoms with Gasteiger partial charge in [0, 0.05) is 5.56 Å². The number of nitrogens with zero attached hydrogens (tertiary/aromatic N) is 1. The van der Waals surface area contributed by atoms with Crippen molar-refractivity contribution in [3.8, 4) is 0 Å². The third kappa shape index (κ3) is 2.99. The molecule has 0 aromatic heterocycles. The molecule has 1 aromatic carbocycles. The molecule has 2 amide bonds. The molecular formula is C25H27NO5. The lowest BCUT2D eigenvalue weighted by Gasteiger charge is -2.37. The summed E-state index contributed by atoms with van der Waals surface area (Å²) >= 11 is 0. The van der Waals surface area contributed by atoms with Gasteiger partial charge in [0.15, 0.2) is 6.10 Å². The molecule has 8 atom stereocenters. The number of hydrogen-bond donors (Lipinski definition) is 0. The molecule has 5 aliphatic rings. The van der Waals surface area contributed by atoms with Crippen LogP contribution in [0.15, 0.2) is 42.5 Å². The van der Waals surface area contributed by atoms with Crippen LogP contribution in [0.25, 0.3) is 0 Å². The highest BCUT2D eigenvalue weighted by Gasteiger charge is 2.68. The van der Waals surface area contributed by atoms with E-state index < -0.39 is 18.1 Å². The van der Waals surface area contributed by atoms with Crippen molar-refractivity contribution in [3.63, 3.8) is 0 Å². The van der Waals surface area contributed by atoms with Gasteiger partial charge in [-0.15, -0.1) is 0 Å². The molecule has 1 aromatic rings. The van der Waals surface area contributed by atoms with Crippen LogP contribution in [0.1, 0.15) is 37.6 Å². The molecule has 6 nitrogen and oxygen atoms in total. The number of rotatable bonds is 6. The zero-order valence-electron chi connectivity index (χ0n) is 17.9. The first-order chi connectivity index (χ1) is 14.8. The lowest BCUT2D eigenvalue weighted by molar-refractivity contribution is -0.162. The van der Waals surface area contributed by atoms with Crippen molar-refractivity contribution in [1.29, 1.82) is 0 Å². The van der Waals surface area contributed by atoms with E-state index in [0.717, 1.165) is 6.42 Å². The Morgan fingerprint density at radius 3 is 2.00 bits per heavy atom. The highest BCUT2D eigenvalue weighted by Crippen LogP contribution is 2.65. The number of esters is 1. The monoisotopic (exact) mass is 421 g/mol. The van der Waals surface area contributed by atoms with Crippen LogP contribution < -0.4 is 0 Å². The van der Waals surface area contributed by atoms with Gasteiger partial charge in [-0.25, -0.2) is 4.79 Å². The quantitative estimate of drug-likeness (QED) is 0.305. The molecule has 31 heavy (non-hydrogen) atoms. The van der Waals surface area contributed by atoms with E-state index in [1.165, 1.54) is 11.8 Å². The van der Waals surface area contributed by atoms with E-state index in [1.54, 1.807) is 44.2 Å². The zero-order valence-corrected chi connectivity index (χ0v) is 17.9. The molecule has 162 valence electrons. The maximum atomic E-state index is 13.4. The van der Waals surface area contributed by atoms with E-state index in [2.05, 4.69) is 12.2 Å². The van der Waals surface area contributed by atoms with E-state index in [1.807, 2.05) is 0 Å². The van der Waals surface area contributed by atoms with E-state index in [4.69, 9.17) is 4.74 Å². The maximum Gasteiger partial charge on any atom is 0.330 e. The van der Waals surface area contributed by atoms with Gasteiger partial charge in [-0.1, -0.05) is 56.3 Å². The van der Waals surface area contributed by atoms with Crippen molar-refractivity contribution in [1.82, 2.24) is 4.90 Å². The summed E-state index contributed by atoms with van der Waals surface area (Å²) in [7, 11) is 0. The molecule has 2 bridgehead atoms. The van der Waals surface area contributed by atoms with Crippen molar-refractivity contribution < 1.29 is 23.9 Å². The van der Waals surface area contributed by atoms with Gasteiger partial charge >= 0.3 is 5.97 Å². The van der Waals surface area contributed by atoms with Crippen molar-refractivity contribution >= 4 is 23.6 Å². The van der Waals surface area contributed by atoms with E-state index in [0.29, 0.717) is 17.4 Å². The molecule has 0 radical (unpaired) electrons. The van der Waals surface area contributed by atoms with Gasteiger partial charge in [0.25, 0.3) is 0 Å². The Bertz CT molecular complexity index is 947. The number of carbonyl (C=O) groups excluding carboxylic acids is 4. The number of ketones is 1. The molecule has 3 fully saturated rings. The topological polar surface area (TPSA) is 80.8 Å². The predicted octanol–water partition coefficient (Wildman–Crippen LogP) is 2.88. The van der Waals surface area contributed by atoms with Gasteiger partial charge in [0.2, 0.25) is 17.6 Å². The minimum atomic E-state index is -1.02. The van der Waals surface area contributed by atoms with E-state index >= 15 is 0 Å². The molecule has 6 heteroatoms. The summed E-state index contributed by atoms with van der Waals surface area (Å²) in [4.78, 5) is 53.7. The fourth-order valence-corrected chi connectivity index (χ4v) is 6.06. The van der Waals surface area contributed by atoms with Crippen LogP contribution in [-0.2, 0) is 19.1 Å². The molecule has 0 unspecified atom stereocenters. The van der Waals surface area contributed by atoms with Gasteiger partial charge in [-0.3, -0.25) is 19.3 Å². The minimum absolute atomic E-state index is 0.101. The smallest absolute Gasteiger partial charge is 0.330 e. The second-order valence-corrected chi connectivity index (χ2v) is 9.70. The Balaban J connectivity index is 1.36. The predicted molar refractivity (Wildman–Crippen MR) is 112 cm³/mol. The summed E-state index contributed by atoms with van der Waals surface area (Å²) in [6.07, 6.45) is 4.30. The first kappa shape index (κ1) is 20.2. The van der Waals surface area contributed by atoms with Crippen molar-refractivity contribution in [3.05, 3.63) is 48.0 Å². The van der Waals surface area contributed by atoms with Gasteiger partial charge in [0.05, 0.1) is 11.8 Å². The van der Waals surface area contributed by atoms with Gasteiger partial charge in [-0.2, -0.15) is 0 Å². The molecule has 0 N–H and O–H groups in total. The number of ether oxygens (including phenoxy) is 1. The van der Waals surface area contributed by atoms with E-state index in [-0.39, 0.29) is 47.2 Å². The number of carbonyl (C=O) groups is 4. The largest absolute Gasteiger partial charge is 0.453 e. The molecule has 6 rings (SSSR count). The van der Waals surface area contributed by atoms with Crippen LogP contribution in [0, 0.1) is 41.4 Å². The summed E-state index contributed by atoms with van der Waals surface area (Å²) < 4.78 is 5.50. The second kappa shape index (κ2) is 7.14. The Hall–Kier alpha value is -2.76. The average Bonchev–Trinajstić information content (AvgIpc) is 3.54. The van der Waals surface area contributed by atoms with Crippen LogP contribution in [0.5, 0.6) is 0 Å². The van der Waals surface area contributed by atoms with Crippen molar-refractivity contribution in [2.75, 3.05) is 0 Å². The number of benzene rings is 1. The van der Waals surface area contributed by atoms with Crippen LogP contribution in [-0.4, -0.2) is 40.6 Å². The molecule has 1 aliphatic heterocycles. The first-order valence-electron chi connectivity index (χ1n) is 11.2. The number of likely N-dealkylation sites (tertiary alicyclic amines) is 1. The number of imide groups is 1. The summed E-state index contributed by atoms with van der Waals surface area (Å²) in [6, 6.07) is 7.60. The van der Waals surface area contributed by atoms with Gasteiger partial charge in [-0.05, 0) is 42.9 Å². The van der Waals surface area contributed by atoms with Crippen LogP contribution >= 0.6 is 0 Å². The SMILES string of the molecule is CC(C)[C@H](C(=O)O[C@H](C)C(=O)c1ccccc1)N1C(=O)[C@@H]2[C@@H]3C=C[C@H]([C@H]4C[C@H]34)[C@@H]2C1=O. The summed E-state index contributed by atoms with van der Waals surface area (Å²) in [5.41, 5.74) is 0.449. The Kier molecular flexibility index (Phi) is 4.65. The van der Waals surface area contributed by atoms with Gasteiger partial charge in [0.1, 0.15) is 6.04 Å². The molecule has 0 spiro atoms. The van der Waals surface area contributed by atoms with Gasteiger partial charge < -0.3 is 4.74 Å². The zero-order chi connectivity index (χ0) is 22.0. The Labute approximate surface area is 181 Å². The summed E-state index contributed by atoms with van der Waals surface area (Å²) in [5, 5.41) is 0. The van der Waals surface area contributed by atoms with E-state index in [9.17, 15) is 19.2 Å². The molecule has 4 aliphatic carbocycles. The molecule has 1 saturated heterocycles. The average molecular weight is 421 g/mol. The summed E-state index contributed by atoms with van der Waals surface area (Å²) in [5.74, 6) is -1.35. The lowest BCUT2D eigenvalue weighted by Crippen LogP contribution is -2.50. The highest BCUT2D eigenvalue weighted by molar-refractivity contribution is 6.09. The maximum absolute atomic E-state index is 13.4. The number of hydrogen-bond acceptors (Lipinski definition) is 5. The van der Waals surface area contributed by atoms with Crippen molar-refractivity contribution in [2.24, 2.45) is 41.4 Å². The standard InChI is InChI=1S/C25H27NO5/c1-12(2)21(25(30)31-13(3)22(27)14-7-5-4-6-8-14)26-23(28)19-15-9-10-16(18-11-17(15)18)20(19)24(26)29/h4-10,12-13,15-21H,11H2,1-3H3/t13-,15-,16-,17-,18-,19-,20+,21-/m1/s1. The molecular weight excluding hydrogens is 394 g/mol. The highest BCUT2D eigenvalue weighted by atomic mass is 16.5. The van der Waals surface area contributed by atoms with Crippen LogP contribution in [0.2, 0.25) is 0 Å². The molecule has 1 heterocycles. The fourth-order valence-electron chi connectivity index (χ4n) is 6.06. The minimum Gasteiger partial charge on any atom is -0.453 e. The first-order valence-corrected chi connectivity index (χ1v) is 11.2. The third-order valence-corrected chi connectivity index (χ3v) is 7.57. The molecule has 2 saturated carbocycles. The summed E-state index contributed by atoms with van der Waals surface area (Å²) in [6.45, 7) is 5.11. The third-order valence-electron chi connectivity index (χ3n) is 7.57. The number of Topliss-reactive ketones (excluding diaryl/α,β-unsaturated/α-hetero) is 1. The number of amides is 2. The second-order valence-electron chi connectivity index (χ2n) is 9.70. The fraction of sp³-hybridized carbons (Fsp3) is 0.520. The Morgan fingerprint density at radius 2 is 1.48 bits per heavy atom. The van der Waals surface area contributed by atoms with Crippen molar-refractivity contribution in [2.45, 2.75) is 39.3 Å². The van der Waals surface area contributed by atoms with Crippen LogP contribution in [0.3, 0.4) is 0 Å². The normalized spacial score (nSPS) is 34.4. The Morgan fingerprint density at radius 1 is 0.935 bits per heavy atom. The van der Waals surface area contributed by atoms with Crippen LogP contribution in [0.4, 0.5) is 0 Å². The number of allylic oxidation sites excluding steroid dienone is 2.